The molecule has 0 radical (unpaired) electrons. The van der Waals surface area contributed by atoms with E-state index in [9.17, 15) is 9.59 Å². The van der Waals surface area contributed by atoms with E-state index in [0.29, 0.717) is 4.68 Å². The Morgan fingerprint density at radius 2 is 2.00 bits per heavy atom. The second-order valence-electron chi connectivity index (χ2n) is 6.71. The second kappa shape index (κ2) is 9.32. The number of likely N-dealkylation sites (tertiary alicyclic amines) is 1. The highest BCUT2D eigenvalue weighted by Gasteiger charge is 2.43. The van der Waals surface area contributed by atoms with Crippen molar-refractivity contribution in [3.63, 3.8) is 0 Å². The van der Waals surface area contributed by atoms with Crippen LogP contribution in [0, 0.1) is 0 Å². The number of carbonyl (C=O) groups is 1. The van der Waals surface area contributed by atoms with Gasteiger partial charge in [0.25, 0.3) is 0 Å². The van der Waals surface area contributed by atoms with Gasteiger partial charge < -0.3 is 9.64 Å². The number of methoxy groups -OCH3 is 1. The lowest BCUT2D eigenvalue weighted by molar-refractivity contribution is -0.128. The number of aryl methyl sites for hydroxylation is 1. The summed E-state index contributed by atoms with van der Waals surface area (Å²) in [6.45, 7) is -2.97. The lowest BCUT2D eigenvalue weighted by atomic mass is 9.96. The highest BCUT2D eigenvalue weighted by Crippen LogP contribution is 2.34. The average Bonchev–Trinajstić information content (AvgIpc) is 3.15. The molecule has 9 heteroatoms. The average molecular weight is 411 g/mol. The summed E-state index contributed by atoms with van der Waals surface area (Å²) in [5.74, 6) is -0.818. The van der Waals surface area contributed by atoms with Crippen LogP contribution < -0.4 is 10.6 Å². The van der Waals surface area contributed by atoms with Crippen molar-refractivity contribution in [2.45, 2.75) is 51.8 Å². The molecule has 0 bridgehead atoms. The zero-order valence-electron chi connectivity index (χ0n) is 24.2. The fraction of sp³-hybridized carbons (Fsp3) is 0.600. The van der Waals surface area contributed by atoms with E-state index >= 15 is 0 Å². The number of piperidine rings is 1. The summed E-state index contributed by atoms with van der Waals surface area (Å²) in [6.07, 6.45) is -0.935. The smallest absolute Gasteiger partial charge is 0.358 e. The van der Waals surface area contributed by atoms with Crippen LogP contribution in [0.2, 0.25) is 0 Å². The summed E-state index contributed by atoms with van der Waals surface area (Å²) >= 11 is 0. The molecule has 1 aromatic carbocycles. The van der Waals surface area contributed by atoms with Gasteiger partial charge in [-0.2, -0.15) is 9.36 Å². The van der Waals surface area contributed by atoms with E-state index < -0.39 is 44.1 Å². The predicted molar refractivity (Wildman–Crippen MR) is 110 cm³/mol. The fourth-order valence-corrected chi connectivity index (χ4v) is 3.43. The standard InChI is InChI=1S/C20H30N6O3/c1-4-18(27)26(17-9-7-6-8-10-17)20(29-3)11-13-23(14-12-20)15-16-25-19(28)24(5-2)21-22-25/h6-10H,4-5,11-16H2,1-3H3/i1D3,3D3,16D2. The first-order valence-corrected chi connectivity index (χ1v) is 9.41. The Morgan fingerprint density at radius 1 is 1.28 bits per heavy atom. The highest BCUT2D eigenvalue weighted by atomic mass is 16.5. The Kier molecular flexibility index (Phi) is 4.15. The van der Waals surface area contributed by atoms with Crippen LogP contribution in [0.25, 0.3) is 0 Å². The number of hydrogen-bond acceptors (Lipinski definition) is 6. The van der Waals surface area contributed by atoms with Gasteiger partial charge >= 0.3 is 5.69 Å². The molecule has 1 fully saturated rings. The summed E-state index contributed by atoms with van der Waals surface area (Å²) in [4.78, 5) is 28.4. The first kappa shape index (κ1) is 12.9. The Hall–Kier alpha value is -2.52. The number of tetrazole rings is 1. The Balaban J connectivity index is 1.91. The molecular formula is C20H30N6O3. The van der Waals surface area contributed by atoms with E-state index in [2.05, 4.69) is 10.4 Å². The van der Waals surface area contributed by atoms with Gasteiger partial charge in [-0.25, -0.2) is 4.79 Å². The number of carbonyl (C=O) groups excluding carboxylic acids is 1. The van der Waals surface area contributed by atoms with Gasteiger partial charge in [-0.1, -0.05) is 25.1 Å². The molecular weight excluding hydrogens is 372 g/mol. The van der Waals surface area contributed by atoms with Gasteiger partial charge in [-0.15, -0.1) is 0 Å². The summed E-state index contributed by atoms with van der Waals surface area (Å²) < 4.78 is 69.9. The van der Waals surface area contributed by atoms with Crippen molar-refractivity contribution in [3.05, 3.63) is 40.8 Å². The van der Waals surface area contributed by atoms with E-state index in [4.69, 9.17) is 15.7 Å². The van der Waals surface area contributed by atoms with Crippen LogP contribution in [-0.2, 0) is 22.6 Å². The van der Waals surface area contributed by atoms with E-state index in [1.807, 2.05) is 0 Å². The molecule has 158 valence electrons. The molecule has 2 heterocycles. The third kappa shape index (κ3) is 4.40. The molecule has 1 saturated heterocycles. The van der Waals surface area contributed by atoms with E-state index in [1.54, 1.807) is 42.2 Å². The Morgan fingerprint density at radius 3 is 2.62 bits per heavy atom. The van der Waals surface area contributed by atoms with Gasteiger partial charge in [0, 0.05) is 62.3 Å². The molecule has 2 aromatic rings. The summed E-state index contributed by atoms with van der Waals surface area (Å²) in [7, 11) is -2.91. The predicted octanol–water partition coefficient (Wildman–Crippen LogP) is 1.34. The van der Waals surface area contributed by atoms with Gasteiger partial charge in [0.15, 0.2) is 0 Å². The normalized spacial score (nSPS) is 22.1. The zero-order valence-corrected chi connectivity index (χ0v) is 16.2. The first-order chi connectivity index (χ1) is 17.1. The van der Waals surface area contributed by atoms with Crippen molar-refractivity contribution in [3.8, 4) is 0 Å². The zero-order chi connectivity index (χ0) is 27.6. The minimum absolute atomic E-state index is 0.0559. The van der Waals surface area contributed by atoms with E-state index in [1.165, 1.54) is 0 Å². The van der Waals surface area contributed by atoms with Crippen LogP contribution in [-0.4, -0.2) is 63.0 Å². The van der Waals surface area contributed by atoms with Crippen LogP contribution in [0.4, 0.5) is 5.69 Å². The maximum absolute atomic E-state index is 13.3. The van der Waals surface area contributed by atoms with Gasteiger partial charge in [-0.05, 0) is 29.5 Å². The van der Waals surface area contributed by atoms with Crippen molar-refractivity contribution in [1.29, 1.82) is 0 Å². The topological polar surface area (TPSA) is 85.5 Å². The maximum Gasteiger partial charge on any atom is 0.363 e. The SMILES string of the molecule is [2H]C([2H])([2H])CC(=O)N(c1ccccc1)C1(OC([2H])([2H])[2H])CCN(CC([2H])([2H])n2nnn(CC)c2=O)CC1. The van der Waals surface area contributed by atoms with Gasteiger partial charge in [0.1, 0.15) is 5.72 Å². The summed E-state index contributed by atoms with van der Waals surface area (Å²) in [5, 5.41) is 7.28. The van der Waals surface area contributed by atoms with Crippen LogP contribution in [0.1, 0.15) is 44.0 Å². The molecule has 3 rings (SSSR count). The first-order valence-electron chi connectivity index (χ1n) is 13.4. The van der Waals surface area contributed by atoms with Gasteiger partial charge in [0.05, 0.1) is 13.4 Å². The van der Waals surface area contributed by atoms with Gasteiger partial charge in [0.2, 0.25) is 5.91 Å². The van der Waals surface area contributed by atoms with Crippen molar-refractivity contribution in [2.24, 2.45) is 0 Å². The van der Waals surface area contributed by atoms with Crippen LogP contribution >= 0.6 is 0 Å². The van der Waals surface area contributed by atoms with Crippen molar-refractivity contribution < 1.29 is 20.5 Å². The Bertz CT molecular complexity index is 1120. The van der Waals surface area contributed by atoms with Crippen LogP contribution in [0.5, 0.6) is 0 Å². The quantitative estimate of drug-likeness (QED) is 0.611. The Labute approximate surface area is 182 Å². The lowest BCUT2D eigenvalue weighted by Gasteiger charge is -2.47. The number of aromatic nitrogens is 4. The maximum atomic E-state index is 13.3. The lowest BCUT2D eigenvalue weighted by Crippen LogP contribution is -2.59. The third-order valence-electron chi connectivity index (χ3n) is 5.03. The van der Waals surface area contributed by atoms with Crippen molar-refractivity contribution in [1.82, 2.24) is 24.7 Å². The molecule has 29 heavy (non-hydrogen) atoms. The van der Waals surface area contributed by atoms with Crippen molar-refractivity contribution >= 4 is 11.6 Å². The largest absolute Gasteiger partial charge is 0.363 e. The molecule has 0 saturated carbocycles. The fourth-order valence-electron chi connectivity index (χ4n) is 3.43. The van der Waals surface area contributed by atoms with E-state index in [-0.39, 0.29) is 44.7 Å². The number of benzene rings is 1. The minimum Gasteiger partial charge on any atom is -0.358 e. The molecule has 0 unspecified atom stereocenters. The molecule has 0 atom stereocenters. The minimum atomic E-state index is -2.91. The molecule has 1 aliphatic heterocycles. The van der Waals surface area contributed by atoms with Crippen LogP contribution in [0.15, 0.2) is 35.1 Å². The molecule has 1 aromatic heterocycles. The molecule has 0 aliphatic carbocycles. The van der Waals surface area contributed by atoms with Crippen LogP contribution in [0.3, 0.4) is 0 Å². The number of hydrogen-bond donors (Lipinski definition) is 0. The number of ether oxygens (including phenoxy) is 1. The molecule has 1 aliphatic rings. The van der Waals surface area contributed by atoms with Crippen molar-refractivity contribution in [2.75, 3.05) is 31.6 Å². The summed E-state index contributed by atoms with van der Waals surface area (Å²) in [6, 6.07) is 8.11. The number of amides is 1. The number of para-hydroxylation sites is 1. The molecule has 0 N–H and O–H groups in total. The number of anilines is 1. The van der Waals surface area contributed by atoms with Gasteiger partial charge in [-0.3, -0.25) is 9.69 Å². The van der Waals surface area contributed by atoms with E-state index in [0.717, 1.165) is 9.58 Å². The molecule has 9 nitrogen and oxygen atoms in total. The molecule has 1 amide bonds. The number of rotatable bonds is 8. The molecule has 0 spiro atoms. The third-order valence-corrected chi connectivity index (χ3v) is 5.03. The number of nitrogens with zero attached hydrogens (tertiary/aromatic N) is 6. The second-order valence-corrected chi connectivity index (χ2v) is 6.71. The summed E-state index contributed by atoms with van der Waals surface area (Å²) in [5.41, 5.74) is -2.12. The monoisotopic (exact) mass is 410 g/mol. The highest BCUT2D eigenvalue weighted by molar-refractivity contribution is 5.94.